The van der Waals surface area contributed by atoms with Crippen LogP contribution in [0.2, 0.25) is 5.02 Å². The summed E-state index contributed by atoms with van der Waals surface area (Å²) in [6, 6.07) is 9.71. The maximum absolute atomic E-state index is 13.5. The highest BCUT2D eigenvalue weighted by atomic mass is 35.5. The second-order valence-corrected chi connectivity index (χ2v) is 4.74. The molecule has 0 aliphatic rings. The second kappa shape index (κ2) is 5.09. The van der Waals surface area contributed by atoms with Gasteiger partial charge in [-0.1, -0.05) is 11.6 Å². The number of nitrogens with zero attached hydrogens (tertiary/aromatic N) is 1. The third-order valence-electron chi connectivity index (χ3n) is 2.90. The van der Waals surface area contributed by atoms with Crippen molar-refractivity contribution in [1.29, 1.82) is 0 Å². The van der Waals surface area contributed by atoms with Crippen molar-refractivity contribution < 1.29 is 8.78 Å². The Balaban J connectivity index is 1.81. The largest absolute Gasteiger partial charge is 0.378 e. The molecule has 0 radical (unpaired) electrons. The quantitative estimate of drug-likeness (QED) is 0.763. The molecule has 0 fully saturated rings. The minimum atomic E-state index is -0.934. The summed E-state index contributed by atoms with van der Waals surface area (Å²) in [5, 5.41) is 3.76. The first-order valence-electron chi connectivity index (χ1n) is 5.95. The Morgan fingerprint density at radius 1 is 1.10 bits per heavy atom. The summed E-state index contributed by atoms with van der Waals surface area (Å²) in [6.07, 6.45) is 0. The molecule has 0 aliphatic heterocycles. The summed E-state index contributed by atoms with van der Waals surface area (Å²) < 4.78 is 26.6. The summed E-state index contributed by atoms with van der Waals surface area (Å²) in [6.45, 7) is 0.372. The van der Waals surface area contributed by atoms with Crippen LogP contribution in [0.4, 0.5) is 14.5 Å². The lowest BCUT2D eigenvalue weighted by molar-refractivity contribution is 0.515. The maximum Gasteiger partial charge on any atom is 0.186 e. The van der Waals surface area contributed by atoms with Gasteiger partial charge in [0, 0.05) is 10.7 Å². The van der Waals surface area contributed by atoms with Crippen molar-refractivity contribution in [2.75, 3.05) is 5.32 Å². The first-order valence-corrected chi connectivity index (χ1v) is 6.33. The molecule has 2 aromatic carbocycles. The van der Waals surface area contributed by atoms with E-state index in [4.69, 9.17) is 11.6 Å². The Morgan fingerprint density at radius 2 is 1.85 bits per heavy atom. The van der Waals surface area contributed by atoms with E-state index in [1.165, 1.54) is 6.07 Å². The maximum atomic E-state index is 13.5. The van der Waals surface area contributed by atoms with Gasteiger partial charge in [-0.05, 0) is 36.4 Å². The van der Waals surface area contributed by atoms with Crippen molar-refractivity contribution in [3.05, 3.63) is 58.9 Å². The van der Waals surface area contributed by atoms with Crippen molar-refractivity contribution in [2.45, 2.75) is 6.54 Å². The van der Waals surface area contributed by atoms with E-state index >= 15 is 0 Å². The Kier molecular flexibility index (Phi) is 3.28. The van der Waals surface area contributed by atoms with Crippen LogP contribution in [0, 0.1) is 11.6 Å². The van der Waals surface area contributed by atoms with Gasteiger partial charge in [-0.25, -0.2) is 13.8 Å². The molecule has 102 valence electrons. The van der Waals surface area contributed by atoms with E-state index < -0.39 is 11.6 Å². The Morgan fingerprint density at radius 3 is 2.60 bits per heavy atom. The molecule has 0 spiro atoms. The molecule has 0 saturated carbocycles. The number of imidazole rings is 1. The number of nitrogens with one attached hydrogen (secondary N) is 2. The van der Waals surface area contributed by atoms with Crippen molar-refractivity contribution in [3.63, 3.8) is 0 Å². The van der Waals surface area contributed by atoms with Gasteiger partial charge in [0.1, 0.15) is 11.3 Å². The third-order valence-corrected chi connectivity index (χ3v) is 3.15. The molecule has 1 heterocycles. The first-order chi connectivity index (χ1) is 9.63. The number of rotatable bonds is 3. The zero-order valence-electron chi connectivity index (χ0n) is 10.3. The Labute approximate surface area is 118 Å². The van der Waals surface area contributed by atoms with Gasteiger partial charge in [0.2, 0.25) is 0 Å². The zero-order valence-corrected chi connectivity index (χ0v) is 11.0. The molecule has 3 nitrogen and oxygen atoms in total. The van der Waals surface area contributed by atoms with E-state index in [0.29, 0.717) is 22.9 Å². The fourth-order valence-electron chi connectivity index (χ4n) is 1.91. The van der Waals surface area contributed by atoms with Crippen LogP contribution in [0.15, 0.2) is 36.4 Å². The highest BCUT2D eigenvalue weighted by molar-refractivity contribution is 6.30. The van der Waals surface area contributed by atoms with Gasteiger partial charge < -0.3 is 10.3 Å². The molecule has 2 N–H and O–H groups in total. The molecule has 0 aliphatic carbocycles. The van der Waals surface area contributed by atoms with Gasteiger partial charge in [0.15, 0.2) is 11.6 Å². The minimum Gasteiger partial charge on any atom is -0.378 e. The molecular formula is C14H10ClF2N3. The van der Waals surface area contributed by atoms with Gasteiger partial charge in [-0.15, -0.1) is 0 Å². The first kappa shape index (κ1) is 12.9. The number of hydrogen-bond donors (Lipinski definition) is 2. The number of anilines is 1. The van der Waals surface area contributed by atoms with Gasteiger partial charge in [-0.2, -0.15) is 0 Å². The van der Waals surface area contributed by atoms with Gasteiger partial charge in [0.05, 0.1) is 12.1 Å². The normalized spacial score (nSPS) is 10.9. The average Bonchev–Trinajstić information content (AvgIpc) is 2.86. The number of aromatic amines is 1. The molecule has 0 unspecified atom stereocenters. The van der Waals surface area contributed by atoms with E-state index in [9.17, 15) is 8.78 Å². The van der Waals surface area contributed by atoms with E-state index in [-0.39, 0.29) is 5.52 Å². The predicted molar refractivity (Wildman–Crippen MR) is 74.8 cm³/mol. The molecule has 0 amide bonds. The summed E-state index contributed by atoms with van der Waals surface area (Å²) in [5.74, 6) is -1.31. The highest BCUT2D eigenvalue weighted by Crippen LogP contribution is 2.19. The van der Waals surface area contributed by atoms with E-state index in [1.807, 2.05) is 12.1 Å². The minimum absolute atomic E-state index is 0.0120. The summed E-state index contributed by atoms with van der Waals surface area (Å²) in [4.78, 5) is 6.99. The number of benzene rings is 2. The Hall–Kier alpha value is -2.14. The lowest BCUT2D eigenvalue weighted by atomic mass is 10.3. The highest BCUT2D eigenvalue weighted by Gasteiger charge is 2.11. The van der Waals surface area contributed by atoms with Crippen molar-refractivity contribution in [1.82, 2.24) is 9.97 Å². The van der Waals surface area contributed by atoms with Crippen LogP contribution in [0.1, 0.15) is 5.82 Å². The smallest absolute Gasteiger partial charge is 0.186 e. The van der Waals surface area contributed by atoms with E-state index in [0.717, 1.165) is 11.8 Å². The fraction of sp³-hybridized carbons (Fsp3) is 0.0714. The second-order valence-electron chi connectivity index (χ2n) is 4.30. The number of aromatic nitrogens is 2. The molecule has 0 atom stereocenters. The van der Waals surface area contributed by atoms with E-state index in [2.05, 4.69) is 15.3 Å². The lowest BCUT2D eigenvalue weighted by Crippen LogP contribution is -2.00. The molecule has 3 rings (SSSR count). The monoisotopic (exact) mass is 293 g/mol. The van der Waals surface area contributed by atoms with Crippen LogP contribution in [0.25, 0.3) is 11.0 Å². The van der Waals surface area contributed by atoms with Gasteiger partial charge in [-0.3, -0.25) is 0 Å². The number of halogens is 3. The molecule has 20 heavy (non-hydrogen) atoms. The number of H-pyrrole nitrogens is 1. The van der Waals surface area contributed by atoms with Crippen LogP contribution in [0.3, 0.4) is 0 Å². The van der Waals surface area contributed by atoms with Crippen LogP contribution in [-0.4, -0.2) is 9.97 Å². The standard InChI is InChI=1S/C14H10ClF2N3/c15-8-1-3-9(4-2-8)18-7-12-19-11-6-5-10(16)13(17)14(11)20-12/h1-6,18H,7H2,(H,19,20). The fourth-order valence-corrected chi connectivity index (χ4v) is 2.03. The number of fused-ring (bicyclic) bond motifs is 1. The zero-order chi connectivity index (χ0) is 14.1. The summed E-state index contributed by atoms with van der Waals surface area (Å²) in [5.41, 5.74) is 1.34. The van der Waals surface area contributed by atoms with Crippen molar-refractivity contribution in [3.8, 4) is 0 Å². The van der Waals surface area contributed by atoms with Gasteiger partial charge >= 0.3 is 0 Å². The van der Waals surface area contributed by atoms with Gasteiger partial charge in [0.25, 0.3) is 0 Å². The molecule has 1 aromatic heterocycles. The molecule has 0 bridgehead atoms. The molecule has 3 aromatic rings. The summed E-state index contributed by atoms with van der Waals surface area (Å²) >= 11 is 5.79. The average molecular weight is 294 g/mol. The van der Waals surface area contributed by atoms with Crippen molar-refractivity contribution in [2.24, 2.45) is 0 Å². The molecule has 0 saturated heterocycles. The predicted octanol–water partition coefficient (Wildman–Crippen LogP) is 4.11. The molecular weight excluding hydrogens is 284 g/mol. The van der Waals surface area contributed by atoms with Crippen LogP contribution in [0.5, 0.6) is 0 Å². The lowest BCUT2D eigenvalue weighted by Gasteiger charge is -2.03. The molecule has 6 heteroatoms. The third kappa shape index (κ3) is 2.44. The SMILES string of the molecule is Fc1ccc2[nH]c(CNc3ccc(Cl)cc3)nc2c1F. The van der Waals surface area contributed by atoms with Crippen LogP contribution >= 0.6 is 11.6 Å². The van der Waals surface area contributed by atoms with Crippen LogP contribution < -0.4 is 5.32 Å². The topological polar surface area (TPSA) is 40.7 Å². The number of hydrogen-bond acceptors (Lipinski definition) is 2. The van der Waals surface area contributed by atoms with Crippen LogP contribution in [-0.2, 0) is 6.54 Å². The van der Waals surface area contributed by atoms with E-state index in [1.54, 1.807) is 12.1 Å². The summed E-state index contributed by atoms with van der Waals surface area (Å²) in [7, 11) is 0. The Bertz CT molecular complexity index is 753. The van der Waals surface area contributed by atoms with Crippen molar-refractivity contribution >= 4 is 28.3 Å².